The highest BCUT2D eigenvalue weighted by atomic mass is 35.5. The lowest BCUT2D eigenvalue weighted by Gasteiger charge is -2.22. The van der Waals surface area contributed by atoms with E-state index >= 15 is 0 Å². The smallest absolute Gasteiger partial charge is 0.244 e. The largest absolute Gasteiger partial charge is 0.324 e. The molecular weight excluding hydrogens is 262 g/mol. The molecule has 0 radical (unpaired) electrons. The first kappa shape index (κ1) is 14.9. The third-order valence-corrected chi connectivity index (χ3v) is 3.07. The van der Waals surface area contributed by atoms with Crippen molar-refractivity contribution >= 4 is 24.0 Å². The maximum Gasteiger partial charge on any atom is 0.244 e. The highest BCUT2D eigenvalue weighted by Gasteiger charge is 2.36. The summed E-state index contributed by atoms with van der Waals surface area (Å²) in [4.78, 5) is 11.9. The fourth-order valence-electron chi connectivity index (χ4n) is 2.11. The fraction of sp³-hybridized carbons (Fsp3) is 0.417. The number of halogens is 3. The Bertz CT molecular complexity index is 427. The third-order valence-electron chi connectivity index (χ3n) is 3.07. The molecule has 0 saturated heterocycles. The predicted molar refractivity (Wildman–Crippen MR) is 67.6 cm³/mol. The summed E-state index contributed by atoms with van der Waals surface area (Å²) >= 11 is 0. The summed E-state index contributed by atoms with van der Waals surface area (Å²) in [7, 11) is 0. The minimum Gasteiger partial charge on any atom is -0.324 e. The van der Waals surface area contributed by atoms with Crippen LogP contribution in [0.1, 0.15) is 25.7 Å². The van der Waals surface area contributed by atoms with Gasteiger partial charge in [0.05, 0.1) is 5.54 Å². The van der Waals surface area contributed by atoms with Crippen LogP contribution in [0.25, 0.3) is 0 Å². The molecule has 1 saturated carbocycles. The highest BCUT2D eigenvalue weighted by molar-refractivity contribution is 5.98. The Morgan fingerprint density at radius 1 is 1.17 bits per heavy atom. The van der Waals surface area contributed by atoms with Gasteiger partial charge in [-0.1, -0.05) is 12.8 Å². The van der Waals surface area contributed by atoms with Crippen LogP contribution in [0.15, 0.2) is 18.2 Å². The van der Waals surface area contributed by atoms with E-state index in [1.807, 2.05) is 0 Å². The fourth-order valence-corrected chi connectivity index (χ4v) is 2.11. The average molecular weight is 277 g/mol. The van der Waals surface area contributed by atoms with E-state index in [1.165, 1.54) is 0 Å². The first-order valence-electron chi connectivity index (χ1n) is 5.56. The van der Waals surface area contributed by atoms with Gasteiger partial charge in [-0.2, -0.15) is 0 Å². The van der Waals surface area contributed by atoms with E-state index in [0.29, 0.717) is 12.8 Å². The van der Waals surface area contributed by atoms with Crippen LogP contribution in [-0.4, -0.2) is 11.4 Å². The highest BCUT2D eigenvalue weighted by Crippen LogP contribution is 2.28. The Balaban J connectivity index is 0.00000162. The van der Waals surface area contributed by atoms with Crippen LogP contribution in [0, 0.1) is 11.6 Å². The van der Waals surface area contributed by atoms with Gasteiger partial charge in [0.25, 0.3) is 0 Å². The minimum atomic E-state index is -0.900. The predicted octanol–water partition coefficient (Wildman–Crippen LogP) is 2.60. The molecule has 6 heteroatoms. The average Bonchev–Trinajstić information content (AvgIpc) is 2.64. The topological polar surface area (TPSA) is 55.1 Å². The van der Waals surface area contributed by atoms with Crippen LogP contribution >= 0.6 is 12.4 Å². The van der Waals surface area contributed by atoms with Crippen LogP contribution in [-0.2, 0) is 4.79 Å². The van der Waals surface area contributed by atoms with Crippen LogP contribution in [0.5, 0.6) is 0 Å². The van der Waals surface area contributed by atoms with Crippen molar-refractivity contribution in [3.05, 3.63) is 29.8 Å². The van der Waals surface area contributed by atoms with Gasteiger partial charge in [0.2, 0.25) is 5.91 Å². The monoisotopic (exact) mass is 276 g/mol. The molecule has 3 N–H and O–H groups in total. The zero-order chi connectivity index (χ0) is 12.5. The van der Waals surface area contributed by atoms with Crippen LogP contribution < -0.4 is 11.1 Å². The molecular formula is C12H15ClF2N2O. The number of anilines is 1. The lowest BCUT2D eigenvalue weighted by atomic mass is 9.98. The molecule has 3 nitrogen and oxygen atoms in total. The van der Waals surface area contributed by atoms with Crippen molar-refractivity contribution in [3.8, 4) is 0 Å². The Morgan fingerprint density at radius 2 is 1.67 bits per heavy atom. The Hall–Kier alpha value is -1.20. The standard InChI is InChI=1S/C12H14F2N2O.ClH/c13-8-5-9(14)7-10(6-8)16-11(17)12(15)3-1-2-4-12;/h5-7H,1-4,15H2,(H,16,17);1H. The first-order valence-corrected chi connectivity index (χ1v) is 5.56. The van der Waals surface area contributed by atoms with Crippen molar-refractivity contribution in [2.75, 3.05) is 5.32 Å². The third kappa shape index (κ3) is 3.17. The molecule has 0 unspecified atom stereocenters. The quantitative estimate of drug-likeness (QED) is 0.872. The Labute approximate surface area is 110 Å². The molecule has 1 aliphatic carbocycles. The number of amides is 1. The number of hydrogen-bond acceptors (Lipinski definition) is 2. The maximum absolute atomic E-state index is 12.9. The summed E-state index contributed by atoms with van der Waals surface area (Å²) in [6.45, 7) is 0. The van der Waals surface area contributed by atoms with Crippen molar-refractivity contribution in [1.82, 2.24) is 0 Å². The molecule has 0 aromatic heterocycles. The molecule has 0 spiro atoms. The zero-order valence-electron chi connectivity index (χ0n) is 9.71. The molecule has 18 heavy (non-hydrogen) atoms. The lowest BCUT2D eigenvalue weighted by molar-refractivity contribution is -0.121. The van der Waals surface area contributed by atoms with E-state index in [9.17, 15) is 13.6 Å². The number of carbonyl (C=O) groups excluding carboxylic acids is 1. The molecule has 1 aromatic carbocycles. The minimum absolute atomic E-state index is 0. The van der Waals surface area contributed by atoms with Gasteiger partial charge >= 0.3 is 0 Å². The molecule has 0 aliphatic heterocycles. The van der Waals surface area contributed by atoms with Gasteiger partial charge in [0, 0.05) is 11.8 Å². The Kier molecular flexibility index (Phi) is 4.65. The SMILES string of the molecule is Cl.NC1(C(=O)Nc2cc(F)cc(F)c2)CCCC1. The number of hydrogen-bond donors (Lipinski definition) is 2. The second-order valence-corrected chi connectivity index (χ2v) is 4.48. The number of nitrogens with two attached hydrogens (primary N) is 1. The molecule has 0 bridgehead atoms. The summed E-state index contributed by atoms with van der Waals surface area (Å²) in [5, 5.41) is 2.46. The van der Waals surface area contributed by atoms with E-state index in [-0.39, 0.29) is 24.0 Å². The number of nitrogens with one attached hydrogen (secondary N) is 1. The summed E-state index contributed by atoms with van der Waals surface area (Å²) in [6.07, 6.45) is 3.02. The molecule has 1 aromatic rings. The van der Waals surface area contributed by atoms with E-state index in [4.69, 9.17) is 5.73 Å². The molecule has 2 rings (SSSR count). The van der Waals surface area contributed by atoms with E-state index in [0.717, 1.165) is 31.0 Å². The number of carbonyl (C=O) groups is 1. The van der Waals surface area contributed by atoms with E-state index < -0.39 is 17.2 Å². The van der Waals surface area contributed by atoms with Crippen LogP contribution in [0.3, 0.4) is 0 Å². The zero-order valence-corrected chi connectivity index (χ0v) is 10.5. The lowest BCUT2D eigenvalue weighted by Crippen LogP contribution is -2.48. The summed E-state index contributed by atoms with van der Waals surface area (Å²) in [5.74, 6) is -1.82. The van der Waals surface area contributed by atoms with Crippen LogP contribution in [0.4, 0.5) is 14.5 Å². The molecule has 100 valence electrons. The van der Waals surface area contributed by atoms with Crippen molar-refractivity contribution in [2.45, 2.75) is 31.2 Å². The van der Waals surface area contributed by atoms with E-state index in [1.54, 1.807) is 0 Å². The van der Waals surface area contributed by atoms with Crippen molar-refractivity contribution in [1.29, 1.82) is 0 Å². The second kappa shape index (κ2) is 5.63. The van der Waals surface area contributed by atoms with Crippen LogP contribution in [0.2, 0.25) is 0 Å². The van der Waals surface area contributed by atoms with Crippen molar-refractivity contribution in [3.63, 3.8) is 0 Å². The first-order chi connectivity index (χ1) is 7.99. The summed E-state index contributed by atoms with van der Waals surface area (Å²) < 4.78 is 25.9. The van der Waals surface area contributed by atoms with E-state index in [2.05, 4.69) is 5.32 Å². The molecule has 1 aliphatic rings. The van der Waals surface area contributed by atoms with Gasteiger partial charge in [-0.05, 0) is 25.0 Å². The summed E-state index contributed by atoms with van der Waals surface area (Å²) in [5.41, 5.74) is 5.13. The van der Waals surface area contributed by atoms with Gasteiger partial charge in [-0.3, -0.25) is 4.79 Å². The van der Waals surface area contributed by atoms with Gasteiger partial charge in [-0.25, -0.2) is 8.78 Å². The normalized spacial score (nSPS) is 17.1. The van der Waals surface area contributed by atoms with Gasteiger partial charge in [0.15, 0.2) is 0 Å². The Morgan fingerprint density at radius 3 is 2.17 bits per heavy atom. The molecule has 0 heterocycles. The van der Waals surface area contributed by atoms with Gasteiger partial charge in [-0.15, -0.1) is 12.4 Å². The van der Waals surface area contributed by atoms with Crippen molar-refractivity contribution < 1.29 is 13.6 Å². The molecule has 0 atom stereocenters. The van der Waals surface area contributed by atoms with Crippen molar-refractivity contribution in [2.24, 2.45) is 5.73 Å². The number of benzene rings is 1. The molecule has 1 amide bonds. The maximum atomic E-state index is 12.9. The van der Waals surface area contributed by atoms with Gasteiger partial charge in [0.1, 0.15) is 11.6 Å². The second-order valence-electron chi connectivity index (χ2n) is 4.48. The number of rotatable bonds is 2. The van der Waals surface area contributed by atoms with Gasteiger partial charge < -0.3 is 11.1 Å². The molecule has 1 fully saturated rings. The summed E-state index contributed by atoms with van der Waals surface area (Å²) in [6, 6.07) is 2.89.